The number of ketones is 1. The van der Waals surface area contributed by atoms with Gasteiger partial charge in [0, 0.05) is 29.8 Å². The van der Waals surface area contributed by atoms with Crippen LogP contribution in [0.1, 0.15) is 30.1 Å². The molecule has 1 amide bonds. The molecule has 2 aromatic rings. The summed E-state index contributed by atoms with van der Waals surface area (Å²) in [5.41, 5.74) is 0.929. The van der Waals surface area contributed by atoms with Crippen molar-refractivity contribution in [1.82, 2.24) is 0 Å². The number of ether oxygens (including phenoxy) is 1. The average Bonchev–Trinajstić information content (AvgIpc) is 2.59. The maximum atomic E-state index is 11.9. The number of rotatable bonds is 8. The number of hydrogen-bond acceptors (Lipinski definition) is 5. The molecule has 130 valence electrons. The van der Waals surface area contributed by atoms with Gasteiger partial charge in [-0.25, -0.2) is 0 Å². The molecule has 0 fully saturated rings. The second-order valence-electron chi connectivity index (χ2n) is 5.39. The molecule has 0 radical (unpaired) electrons. The molecule has 0 bridgehead atoms. The third-order valence-electron chi connectivity index (χ3n) is 3.42. The number of hydrogen-bond donors (Lipinski definition) is 1. The zero-order chi connectivity index (χ0) is 18.2. The van der Waals surface area contributed by atoms with E-state index in [2.05, 4.69) is 5.32 Å². The standard InChI is InChI=1S/C18H18N2O5/c1-13(21)14-7-9-17(10-8-14)25-11-3-6-18(22)19-15-4-2-5-16(12-15)20(23)24/h2,4-5,7-10,12H,3,6,11H2,1H3,(H,19,22). The zero-order valence-electron chi connectivity index (χ0n) is 13.7. The summed E-state index contributed by atoms with van der Waals surface area (Å²) >= 11 is 0. The predicted molar refractivity (Wildman–Crippen MR) is 92.9 cm³/mol. The van der Waals surface area contributed by atoms with Crippen LogP contribution in [0.15, 0.2) is 48.5 Å². The lowest BCUT2D eigenvalue weighted by Crippen LogP contribution is -2.13. The van der Waals surface area contributed by atoms with Crippen LogP contribution < -0.4 is 10.1 Å². The van der Waals surface area contributed by atoms with Gasteiger partial charge in [0.1, 0.15) is 5.75 Å². The van der Waals surface area contributed by atoms with Gasteiger partial charge < -0.3 is 10.1 Å². The molecule has 0 unspecified atom stereocenters. The number of nitro benzene ring substituents is 1. The average molecular weight is 342 g/mol. The molecule has 0 heterocycles. The summed E-state index contributed by atoms with van der Waals surface area (Å²) < 4.78 is 5.51. The summed E-state index contributed by atoms with van der Waals surface area (Å²) in [5, 5.41) is 13.3. The fourth-order valence-corrected chi connectivity index (χ4v) is 2.13. The Labute approximate surface area is 144 Å². The number of anilines is 1. The predicted octanol–water partition coefficient (Wildman–Crippen LogP) is 3.60. The second kappa shape index (κ2) is 8.58. The highest BCUT2D eigenvalue weighted by Gasteiger charge is 2.08. The molecule has 2 rings (SSSR count). The number of nitrogens with zero attached hydrogens (tertiary/aromatic N) is 1. The van der Waals surface area contributed by atoms with Crippen LogP contribution in [0, 0.1) is 10.1 Å². The Morgan fingerprint density at radius 3 is 2.52 bits per heavy atom. The smallest absolute Gasteiger partial charge is 0.271 e. The number of nitro groups is 1. The van der Waals surface area contributed by atoms with Gasteiger partial charge in [-0.05, 0) is 43.7 Å². The maximum absolute atomic E-state index is 11.9. The molecular weight excluding hydrogens is 324 g/mol. The first-order valence-electron chi connectivity index (χ1n) is 7.74. The Morgan fingerprint density at radius 1 is 1.16 bits per heavy atom. The van der Waals surface area contributed by atoms with Crippen molar-refractivity contribution < 1.29 is 19.2 Å². The molecule has 1 N–H and O–H groups in total. The molecule has 0 saturated carbocycles. The minimum Gasteiger partial charge on any atom is -0.494 e. The number of carbonyl (C=O) groups excluding carboxylic acids is 2. The van der Waals surface area contributed by atoms with E-state index in [1.807, 2.05) is 0 Å². The molecule has 0 saturated heterocycles. The Bertz CT molecular complexity index is 771. The maximum Gasteiger partial charge on any atom is 0.271 e. The summed E-state index contributed by atoms with van der Waals surface area (Å²) in [6.07, 6.45) is 0.726. The van der Waals surface area contributed by atoms with Crippen LogP contribution in [-0.2, 0) is 4.79 Å². The third-order valence-corrected chi connectivity index (χ3v) is 3.42. The molecule has 0 atom stereocenters. The Balaban J connectivity index is 1.74. The van der Waals surface area contributed by atoms with Crippen LogP contribution in [0.5, 0.6) is 5.75 Å². The Kier molecular flexibility index (Phi) is 6.22. The summed E-state index contributed by atoms with van der Waals surface area (Å²) in [6, 6.07) is 12.6. The fourth-order valence-electron chi connectivity index (χ4n) is 2.13. The molecule has 0 aliphatic heterocycles. The van der Waals surface area contributed by atoms with Gasteiger partial charge in [0.25, 0.3) is 5.69 Å². The van der Waals surface area contributed by atoms with Crippen LogP contribution in [0.3, 0.4) is 0 Å². The van der Waals surface area contributed by atoms with Crippen molar-refractivity contribution >= 4 is 23.1 Å². The van der Waals surface area contributed by atoms with E-state index >= 15 is 0 Å². The van der Waals surface area contributed by atoms with Crippen LogP contribution >= 0.6 is 0 Å². The molecule has 0 aliphatic carbocycles. The lowest BCUT2D eigenvalue weighted by atomic mass is 10.1. The highest BCUT2D eigenvalue weighted by Crippen LogP contribution is 2.17. The van der Waals surface area contributed by atoms with Gasteiger partial charge in [-0.3, -0.25) is 19.7 Å². The van der Waals surface area contributed by atoms with Gasteiger partial charge >= 0.3 is 0 Å². The highest BCUT2D eigenvalue weighted by molar-refractivity contribution is 5.94. The normalized spacial score (nSPS) is 10.1. The van der Waals surface area contributed by atoms with Gasteiger partial charge in [0.05, 0.1) is 11.5 Å². The minimum atomic E-state index is -0.513. The van der Waals surface area contributed by atoms with Crippen molar-refractivity contribution in [3.05, 3.63) is 64.2 Å². The summed E-state index contributed by atoms with van der Waals surface area (Å²) in [5.74, 6) is 0.379. The van der Waals surface area contributed by atoms with E-state index in [-0.39, 0.29) is 23.8 Å². The van der Waals surface area contributed by atoms with Crippen molar-refractivity contribution in [3.8, 4) is 5.75 Å². The molecule has 0 spiro atoms. The van der Waals surface area contributed by atoms with E-state index in [0.717, 1.165) is 0 Å². The van der Waals surface area contributed by atoms with Crippen molar-refractivity contribution in [1.29, 1.82) is 0 Å². The van der Waals surface area contributed by atoms with E-state index in [9.17, 15) is 19.7 Å². The molecule has 7 nitrogen and oxygen atoms in total. The van der Waals surface area contributed by atoms with Gasteiger partial charge in [-0.1, -0.05) is 6.07 Å². The number of nitrogens with one attached hydrogen (secondary N) is 1. The number of non-ortho nitro benzene ring substituents is 1. The van der Waals surface area contributed by atoms with Crippen molar-refractivity contribution in [3.63, 3.8) is 0 Å². The van der Waals surface area contributed by atoms with Gasteiger partial charge in [-0.15, -0.1) is 0 Å². The lowest BCUT2D eigenvalue weighted by Gasteiger charge is -2.07. The van der Waals surface area contributed by atoms with Crippen LogP contribution in [0.2, 0.25) is 0 Å². The van der Waals surface area contributed by atoms with Crippen LogP contribution in [0.25, 0.3) is 0 Å². The summed E-state index contributed by atoms with van der Waals surface area (Å²) in [6.45, 7) is 1.84. The Hall–Kier alpha value is -3.22. The molecular formula is C18H18N2O5. The first kappa shape index (κ1) is 18.1. The SMILES string of the molecule is CC(=O)c1ccc(OCCCC(=O)Nc2cccc([N+](=O)[O-])c2)cc1. The number of amides is 1. The van der Waals surface area contributed by atoms with Gasteiger partial charge in [0.15, 0.2) is 5.78 Å². The van der Waals surface area contributed by atoms with Crippen molar-refractivity contribution in [2.45, 2.75) is 19.8 Å². The van der Waals surface area contributed by atoms with Crippen molar-refractivity contribution in [2.75, 3.05) is 11.9 Å². The van der Waals surface area contributed by atoms with E-state index < -0.39 is 4.92 Å². The third kappa shape index (κ3) is 5.72. The molecule has 7 heteroatoms. The molecule has 0 aromatic heterocycles. The molecule has 2 aromatic carbocycles. The zero-order valence-corrected chi connectivity index (χ0v) is 13.7. The van der Waals surface area contributed by atoms with E-state index in [1.54, 1.807) is 30.3 Å². The lowest BCUT2D eigenvalue weighted by molar-refractivity contribution is -0.384. The van der Waals surface area contributed by atoms with Gasteiger partial charge in [0.2, 0.25) is 5.91 Å². The minimum absolute atomic E-state index is 0.00984. The van der Waals surface area contributed by atoms with E-state index in [1.165, 1.54) is 25.1 Å². The number of carbonyl (C=O) groups is 2. The largest absolute Gasteiger partial charge is 0.494 e. The monoisotopic (exact) mass is 342 g/mol. The van der Waals surface area contributed by atoms with Crippen LogP contribution in [0.4, 0.5) is 11.4 Å². The van der Waals surface area contributed by atoms with Crippen molar-refractivity contribution in [2.24, 2.45) is 0 Å². The van der Waals surface area contributed by atoms with Gasteiger partial charge in [-0.2, -0.15) is 0 Å². The first-order chi connectivity index (χ1) is 12.0. The second-order valence-corrected chi connectivity index (χ2v) is 5.39. The highest BCUT2D eigenvalue weighted by atomic mass is 16.6. The summed E-state index contributed by atoms with van der Waals surface area (Å²) in [4.78, 5) is 33.2. The Morgan fingerprint density at radius 2 is 1.88 bits per heavy atom. The van der Waals surface area contributed by atoms with E-state index in [0.29, 0.717) is 30.0 Å². The van der Waals surface area contributed by atoms with Crippen LogP contribution in [-0.4, -0.2) is 23.2 Å². The topological polar surface area (TPSA) is 98.5 Å². The number of benzene rings is 2. The first-order valence-corrected chi connectivity index (χ1v) is 7.74. The molecule has 0 aliphatic rings. The molecule has 25 heavy (non-hydrogen) atoms. The summed E-state index contributed by atoms with van der Waals surface area (Å²) in [7, 11) is 0. The fraction of sp³-hybridized carbons (Fsp3) is 0.222. The quantitative estimate of drug-likeness (QED) is 0.342. The van der Waals surface area contributed by atoms with E-state index in [4.69, 9.17) is 4.74 Å². The number of Topliss-reactive ketones (excluding diaryl/α,β-unsaturated/α-hetero) is 1.